The molecule has 0 bridgehead atoms. The van der Waals surface area contributed by atoms with E-state index in [-0.39, 0.29) is 12.1 Å². The van der Waals surface area contributed by atoms with Gasteiger partial charge in [0.2, 0.25) is 10.0 Å². The van der Waals surface area contributed by atoms with Gasteiger partial charge < -0.3 is 5.32 Å². The van der Waals surface area contributed by atoms with E-state index >= 15 is 0 Å². The molecule has 1 N–H and O–H groups in total. The van der Waals surface area contributed by atoms with Gasteiger partial charge in [-0.1, -0.05) is 0 Å². The molecule has 114 valence electrons. The smallest absolute Gasteiger partial charge is 0.211 e. The number of aryl methyl sites for hydroxylation is 1. The third kappa shape index (κ3) is 3.39. The topological polar surface area (TPSA) is 67.2 Å². The molecular formula is C13H24N4O2S. The van der Waals surface area contributed by atoms with Gasteiger partial charge in [-0.15, -0.1) is 0 Å². The molecule has 1 fully saturated rings. The molecule has 7 heteroatoms. The molecule has 0 aliphatic carbocycles. The first kappa shape index (κ1) is 15.5. The second kappa shape index (κ2) is 6.24. The Morgan fingerprint density at radius 3 is 2.95 bits per heavy atom. The van der Waals surface area contributed by atoms with Gasteiger partial charge in [0, 0.05) is 37.9 Å². The average Bonchev–Trinajstić information content (AvgIpc) is 3.03. The van der Waals surface area contributed by atoms with Crippen LogP contribution in [-0.2, 0) is 16.6 Å². The quantitative estimate of drug-likeness (QED) is 0.850. The third-order valence-electron chi connectivity index (χ3n) is 3.90. The summed E-state index contributed by atoms with van der Waals surface area (Å²) >= 11 is 0. The van der Waals surface area contributed by atoms with E-state index in [2.05, 4.69) is 24.3 Å². The molecule has 6 nitrogen and oxygen atoms in total. The van der Waals surface area contributed by atoms with Gasteiger partial charge in [-0.25, -0.2) is 8.42 Å². The van der Waals surface area contributed by atoms with Gasteiger partial charge in [-0.05, 0) is 32.8 Å². The molecule has 20 heavy (non-hydrogen) atoms. The molecule has 2 rings (SSSR count). The van der Waals surface area contributed by atoms with Gasteiger partial charge in [0.1, 0.15) is 0 Å². The minimum Gasteiger partial charge on any atom is -0.307 e. The first-order valence-corrected chi connectivity index (χ1v) is 9.00. The van der Waals surface area contributed by atoms with Crippen LogP contribution in [0, 0.1) is 0 Å². The highest BCUT2D eigenvalue weighted by Crippen LogP contribution is 2.20. The van der Waals surface area contributed by atoms with E-state index in [1.54, 1.807) is 10.5 Å². The van der Waals surface area contributed by atoms with Crippen LogP contribution in [0.2, 0.25) is 0 Å². The Morgan fingerprint density at radius 2 is 2.30 bits per heavy atom. The van der Waals surface area contributed by atoms with Gasteiger partial charge in [-0.3, -0.25) is 4.68 Å². The lowest BCUT2D eigenvalue weighted by Gasteiger charge is -2.24. The maximum absolute atomic E-state index is 11.7. The molecule has 2 heterocycles. The molecular weight excluding hydrogens is 276 g/mol. The van der Waals surface area contributed by atoms with E-state index in [1.165, 1.54) is 6.26 Å². The highest BCUT2D eigenvalue weighted by molar-refractivity contribution is 7.88. The fourth-order valence-electron chi connectivity index (χ4n) is 2.84. The van der Waals surface area contributed by atoms with Gasteiger partial charge in [0.15, 0.2) is 0 Å². The van der Waals surface area contributed by atoms with Gasteiger partial charge in [-0.2, -0.15) is 9.40 Å². The van der Waals surface area contributed by atoms with Crippen molar-refractivity contribution in [3.63, 3.8) is 0 Å². The fourth-order valence-corrected chi connectivity index (χ4v) is 4.02. The zero-order valence-corrected chi connectivity index (χ0v) is 13.2. The van der Waals surface area contributed by atoms with Crippen molar-refractivity contribution in [1.29, 1.82) is 0 Å². The van der Waals surface area contributed by atoms with Crippen molar-refractivity contribution in [2.75, 3.05) is 19.3 Å². The largest absolute Gasteiger partial charge is 0.307 e. The Balaban J connectivity index is 1.95. The molecule has 1 unspecified atom stereocenters. The number of aromatic nitrogens is 2. The van der Waals surface area contributed by atoms with Crippen molar-refractivity contribution >= 4 is 10.0 Å². The molecule has 1 aliphatic rings. The monoisotopic (exact) mass is 300 g/mol. The lowest BCUT2D eigenvalue weighted by Crippen LogP contribution is -2.41. The molecule has 1 aromatic heterocycles. The van der Waals surface area contributed by atoms with Crippen molar-refractivity contribution in [1.82, 2.24) is 19.4 Å². The van der Waals surface area contributed by atoms with E-state index in [1.807, 2.05) is 10.7 Å². The minimum atomic E-state index is -3.09. The zero-order chi connectivity index (χ0) is 14.8. The van der Waals surface area contributed by atoms with Crippen LogP contribution in [0.1, 0.15) is 38.4 Å². The standard InChI is InChI=1S/C13H24N4O2S/c1-4-16-13(7-8-15-16)11(2)14-10-12-6-5-9-17(12)20(3,18)19/h7-8,11-12,14H,4-6,9-10H2,1-3H3/t11?,12-/m1/s1. The minimum absolute atomic E-state index is 0.0745. The van der Waals surface area contributed by atoms with Crippen LogP contribution in [0.15, 0.2) is 12.3 Å². The first-order chi connectivity index (χ1) is 9.43. The number of rotatable bonds is 6. The van der Waals surface area contributed by atoms with E-state index in [0.717, 1.165) is 25.1 Å². The molecule has 0 saturated carbocycles. The van der Waals surface area contributed by atoms with E-state index in [0.29, 0.717) is 13.1 Å². The number of nitrogens with zero attached hydrogens (tertiary/aromatic N) is 3. The average molecular weight is 300 g/mol. The summed E-state index contributed by atoms with van der Waals surface area (Å²) in [6.07, 6.45) is 4.97. The number of hydrogen-bond donors (Lipinski definition) is 1. The predicted octanol–water partition coefficient (Wildman–Crippen LogP) is 0.978. The molecule has 1 aliphatic heterocycles. The maximum atomic E-state index is 11.7. The number of hydrogen-bond acceptors (Lipinski definition) is 4. The van der Waals surface area contributed by atoms with E-state index < -0.39 is 10.0 Å². The van der Waals surface area contributed by atoms with Crippen LogP contribution in [0.25, 0.3) is 0 Å². The Morgan fingerprint density at radius 1 is 1.55 bits per heavy atom. The van der Waals surface area contributed by atoms with Crippen molar-refractivity contribution in [3.8, 4) is 0 Å². The molecule has 0 radical (unpaired) electrons. The fraction of sp³-hybridized carbons (Fsp3) is 0.769. The summed E-state index contributed by atoms with van der Waals surface area (Å²) in [4.78, 5) is 0. The summed E-state index contributed by atoms with van der Waals surface area (Å²) in [5.41, 5.74) is 1.14. The number of sulfonamides is 1. The molecule has 0 aromatic carbocycles. The van der Waals surface area contributed by atoms with E-state index in [9.17, 15) is 8.42 Å². The van der Waals surface area contributed by atoms with E-state index in [4.69, 9.17) is 0 Å². The zero-order valence-electron chi connectivity index (χ0n) is 12.4. The Bertz CT molecular complexity index is 540. The Labute approximate surface area is 121 Å². The Kier molecular flexibility index (Phi) is 4.82. The molecule has 0 spiro atoms. The normalized spacial score (nSPS) is 22.2. The highest BCUT2D eigenvalue weighted by atomic mass is 32.2. The first-order valence-electron chi connectivity index (χ1n) is 7.15. The van der Waals surface area contributed by atoms with Crippen LogP contribution in [0.5, 0.6) is 0 Å². The van der Waals surface area contributed by atoms with Crippen molar-refractivity contribution < 1.29 is 8.42 Å². The van der Waals surface area contributed by atoms with Crippen LogP contribution in [-0.4, -0.2) is 47.9 Å². The Hall–Kier alpha value is -0.920. The summed E-state index contributed by atoms with van der Waals surface area (Å²) in [5, 5.41) is 7.70. The van der Waals surface area contributed by atoms with Gasteiger partial charge in [0.25, 0.3) is 0 Å². The lowest BCUT2D eigenvalue weighted by molar-refractivity contribution is 0.359. The summed E-state index contributed by atoms with van der Waals surface area (Å²) in [6, 6.07) is 2.24. The lowest BCUT2D eigenvalue weighted by atomic mass is 10.2. The maximum Gasteiger partial charge on any atom is 0.211 e. The van der Waals surface area contributed by atoms with Crippen LogP contribution >= 0.6 is 0 Å². The van der Waals surface area contributed by atoms with Crippen molar-refractivity contribution in [3.05, 3.63) is 18.0 Å². The molecule has 1 saturated heterocycles. The molecule has 0 amide bonds. The van der Waals surface area contributed by atoms with Gasteiger partial charge >= 0.3 is 0 Å². The van der Waals surface area contributed by atoms with Crippen molar-refractivity contribution in [2.45, 2.75) is 45.3 Å². The molecule has 2 atom stereocenters. The SMILES string of the molecule is CCn1nccc1C(C)NC[C@H]1CCCN1S(C)(=O)=O. The number of nitrogens with one attached hydrogen (secondary N) is 1. The van der Waals surface area contributed by atoms with Crippen LogP contribution < -0.4 is 5.32 Å². The second-order valence-electron chi connectivity index (χ2n) is 5.37. The van der Waals surface area contributed by atoms with Crippen molar-refractivity contribution in [2.24, 2.45) is 0 Å². The van der Waals surface area contributed by atoms with Crippen LogP contribution in [0.4, 0.5) is 0 Å². The van der Waals surface area contributed by atoms with Gasteiger partial charge in [0.05, 0.1) is 11.9 Å². The molecule has 1 aromatic rings. The summed E-state index contributed by atoms with van der Waals surface area (Å²) in [7, 11) is -3.09. The predicted molar refractivity (Wildman–Crippen MR) is 78.9 cm³/mol. The highest BCUT2D eigenvalue weighted by Gasteiger charge is 2.31. The van der Waals surface area contributed by atoms with Crippen LogP contribution in [0.3, 0.4) is 0 Å². The summed E-state index contributed by atoms with van der Waals surface area (Å²) in [6.45, 7) is 6.32. The third-order valence-corrected chi connectivity index (χ3v) is 5.23. The second-order valence-corrected chi connectivity index (χ2v) is 7.31. The summed E-state index contributed by atoms with van der Waals surface area (Å²) in [5.74, 6) is 0. The summed E-state index contributed by atoms with van der Waals surface area (Å²) < 4.78 is 27.0.